The number of benzene rings is 2. The van der Waals surface area contributed by atoms with Gasteiger partial charge in [0.15, 0.2) is 0 Å². The third kappa shape index (κ3) is 3.92. The third-order valence-corrected chi connectivity index (χ3v) is 5.40. The van der Waals surface area contributed by atoms with Gasteiger partial charge in [-0.05, 0) is 60.9 Å². The molecule has 0 unspecified atom stereocenters. The molecule has 0 fully saturated rings. The summed E-state index contributed by atoms with van der Waals surface area (Å²) >= 11 is 0. The van der Waals surface area contributed by atoms with Crippen molar-refractivity contribution in [3.63, 3.8) is 0 Å². The average molecular weight is 399 g/mol. The van der Waals surface area contributed by atoms with Crippen molar-refractivity contribution in [2.75, 3.05) is 24.8 Å². The van der Waals surface area contributed by atoms with Gasteiger partial charge in [0.25, 0.3) is 0 Å². The maximum absolute atomic E-state index is 6.01. The van der Waals surface area contributed by atoms with Crippen LogP contribution in [0.4, 0.5) is 11.5 Å². The van der Waals surface area contributed by atoms with Gasteiger partial charge in [0.1, 0.15) is 11.6 Å². The molecule has 2 heterocycles. The van der Waals surface area contributed by atoms with E-state index in [4.69, 9.17) is 15.5 Å². The fourth-order valence-corrected chi connectivity index (χ4v) is 3.65. The fraction of sp³-hybridized carbons (Fsp3) is 0.200. The molecule has 5 heteroatoms. The molecule has 0 amide bonds. The first-order valence-electron chi connectivity index (χ1n) is 9.92. The van der Waals surface area contributed by atoms with Gasteiger partial charge in [0.2, 0.25) is 0 Å². The number of nitrogens with two attached hydrogens (primary N) is 1. The molecule has 30 heavy (non-hydrogen) atoms. The molecule has 0 aliphatic heterocycles. The Hall–Kier alpha value is -3.60. The number of hydrogen-bond donors (Lipinski definition) is 1. The number of pyridine rings is 2. The largest absolute Gasteiger partial charge is 0.497 e. The second kappa shape index (κ2) is 8.03. The summed E-state index contributed by atoms with van der Waals surface area (Å²) in [6, 6.07) is 18.3. The number of rotatable bonds is 5. The second-order valence-corrected chi connectivity index (χ2v) is 7.64. The summed E-state index contributed by atoms with van der Waals surface area (Å²) in [7, 11) is 3.71. The van der Waals surface area contributed by atoms with Crippen LogP contribution < -0.4 is 15.4 Å². The molecule has 152 valence electrons. The van der Waals surface area contributed by atoms with Crippen molar-refractivity contribution in [2.24, 2.45) is 0 Å². The lowest BCUT2D eigenvalue weighted by molar-refractivity contribution is 0.414. The number of nitrogens with zero attached hydrogens (tertiary/aromatic N) is 3. The summed E-state index contributed by atoms with van der Waals surface area (Å²) < 4.78 is 5.23. The van der Waals surface area contributed by atoms with E-state index in [2.05, 4.69) is 35.0 Å². The molecule has 5 nitrogen and oxygen atoms in total. The first kappa shape index (κ1) is 19.7. The monoisotopic (exact) mass is 398 g/mol. The summed E-state index contributed by atoms with van der Waals surface area (Å²) in [5.74, 6) is 1.74. The minimum absolute atomic E-state index is 0.752. The van der Waals surface area contributed by atoms with Gasteiger partial charge >= 0.3 is 0 Å². The first-order chi connectivity index (χ1) is 14.4. The molecule has 0 aliphatic carbocycles. The lowest BCUT2D eigenvalue weighted by Gasteiger charge is -2.19. The SMILES string of the molecule is COc1ccc(CN(C)c2cc3nc(C)c(-c4cc(N)ccc4C)cc3cn2)cc1. The van der Waals surface area contributed by atoms with Crippen LogP contribution in [0.5, 0.6) is 5.75 Å². The van der Waals surface area contributed by atoms with Gasteiger partial charge in [-0.25, -0.2) is 4.98 Å². The molecule has 0 atom stereocenters. The quantitative estimate of drug-likeness (QED) is 0.472. The average Bonchev–Trinajstić information content (AvgIpc) is 2.75. The molecule has 0 radical (unpaired) electrons. The first-order valence-corrected chi connectivity index (χ1v) is 9.92. The highest BCUT2D eigenvalue weighted by atomic mass is 16.5. The normalized spacial score (nSPS) is 10.9. The Kier molecular flexibility index (Phi) is 5.27. The maximum atomic E-state index is 6.01. The van der Waals surface area contributed by atoms with Gasteiger partial charge in [-0.15, -0.1) is 0 Å². The maximum Gasteiger partial charge on any atom is 0.130 e. The van der Waals surface area contributed by atoms with E-state index < -0.39 is 0 Å². The molecule has 2 N–H and O–H groups in total. The van der Waals surface area contributed by atoms with Crippen LogP contribution in [0.2, 0.25) is 0 Å². The van der Waals surface area contributed by atoms with E-state index in [9.17, 15) is 0 Å². The van der Waals surface area contributed by atoms with Crippen molar-refractivity contribution in [3.8, 4) is 16.9 Å². The van der Waals surface area contributed by atoms with Crippen LogP contribution in [0.15, 0.2) is 60.8 Å². The Balaban J connectivity index is 1.65. The second-order valence-electron chi connectivity index (χ2n) is 7.64. The molecular weight excluding hydrogens is 372 g/mol. The van der Waals surface area contributed by atoms with E-state index >= 15 is 0 Å². The predicted molar refractivity (Wildman–Crippen MR) is 124 cm³/mol. The number of aromatic nitrogens is 2. The Morgan fingerprint density at radius 2 is 1.73 bits per heavy atom. The minimum atomic E-state index is 0.752. The summed E-state index contributed by atoms with van der Waals surface area (Å²) in [6.45, 7) is 4.88. The zero-order valence-corrected chi connectivity index (χ0v) is 17.8. The van der Waals surface area contributed by atoms with E-state index in [1.165, 1.54) is 11.1 Å². The topological polar surface area (TPSA) is 64.3 Å². The summed E-state index contributed by atoms with van der Waals surface area (Å²) in [6.07, 6.45) is 1.90. The number of ether oxygens (including phenoxy) is 1. The number of methoxy groups -OCH3 is 1. The van der Waals surface area contributed by atoms with Crippen LogP contribution in [0.3, 0.4) is 0 Å². The van der Waals surface area contributed by atoms with Crippen molar-refractivity contribution >= 4 is 22.4 Å². The number of aryl methyl sites for hydroxylation is 2. The predicted octanol–water partition coefficient (Wildman–Crippen LogP) is 5.14. The van der Waals surface area contributed by atoms with Crippen molar-refractivity contribution in [3.05, 3.63) is 77.6 Å². The standard InChI is InChI=1S/C25H26N4O/c1-16-5-8-20(26)12-22(16)23-11-19-14-27-25(13-24(19)28-17(23)2)29(3)15-18-6-9-21(30-4)10-7-18/h5-14H,15,26H2,1-4H3. The Bertz CT molecular complexity index is 1200. The Morgan fingerprint density at radius 3 is 2.47 bits per heavy atom. The molecule has 0 bridgehead atoms. The van der Waals surface area contributed by atoms with E-state index in [1.807, 2.05) is 56.6 Å². The number of fused-ring (bicyclic) bond motifs is 1. The van der Waals surface area contributed by atoms with Crippen molar-refractivity contribution < 1.29 is 4.74 Å². The number of hydrogen-bond acceptors (Lipinski definition) is 5. The molecule has 0 spiro atoms. The van der Waals surface area contributed by atoms with Gasteiger partial charge in [-0.3, -0.25) is 4.98 Å². The van der Waals surface area contributed by atoms with Gasteiger partial charge in [-0.2, -0.15) is 0 Å². The van der Waals surface area contributed by atoms with Crippen molar-refractivity contribution in [2.45, 2.75) is 20.4 Å². The number of anilines is 2. The lowest BCUT2D eigenvalue weighted by atomic mass is 9.97. The lowest BCUT2D eigenvalue weighted by Crippen LogP contribution is -2.17. The molecule has 0 saturated heterocycles. The van der Waals surface area contributed by atoms with E-state index in [1.54, 1.807) is 7.11 Å². The molecule has 4 rings (SSSR count). The summed E-state index contributed by atoms with van der Waals surface area (Å²) in [4.78, 5) is 11.7. The van der Waals surface area contributed by atoms with E-state index in [0.29, 0.717) is 0 Å². The number of nitrogen functional groups attached to an aromatic ring is 1. The van der Waals surface area contributed by atoms with E-state index in [-0.39, 0.29) is 0 Å². The molecule has 4 aromatic rings. The van der Waals surface area contributed by atoms with Crippen LogP contribution in [0.25, 0.3) is 22.0 Å². The van der Waals surface area contributed by atoms with E-state index in [0.717, 1.165) is 51.5 Å². The Labute approximate surface area is 177 Å². The van der Waals surface area contributed by atoms with Crippen LogP contribution in [-0.2, 0) is 6.54 Å². The van der Waals surface area contributed by atoms with Gasteiger partial charge < -0.3 is 15.4 Å². The highest BCUT2D eigenvalue weighted by Crippen LogP contribution is 2.31. The molecular formula is C25H26N4O. The fourth-order valence-electron chi connectivity index (χ4n) is 3.65. The Morgan fingerprint density at radius 1 is 0.967 bits per heavy atom. The molecule has 0 aliphatic rings. The highest BCUT2D eigenvalue weighted by Gasteiger charge is 2.11. The smallest absolute Gasteiger partial charge is 0.130 e. The summed E-state index contributed by atoms with van der Waals surface area (Å²) in [5, 5.41) is 1.01. The molecule has 2 aromatic heterocycles. The van der Waals surface area contributed by atoms with Gasteiger partial charge in [0.05, 0.1) is 12.6 Å². The van der Waals surface area contributed by atoms with Crippen molar-refractivity contribution in [1.82, 2.24) is 9.97 Å². The van der Waals surface area contributed by atoms with Gasteiger partial charge in [-0.1, -0.05) is 18.2 Å². The van der Waals surface area contributed by atoms with Crippen molar-refractivity contribution in [1.29, 1.82) is 0 Å². The van der Waals surface area contributed by atoms with Crippen LogP contribution >= 0.6 is 0 Å². The van der Waals surface area contributed by atoms with Crippen LogP contribution in [-0.4, -0.2) is 24.1 Å². The molecule has 2 aromatic carbocycles. The highest BCUT2D eigenvalue weighted by molar-refractivity contribution is 5.87. The molecule has 0 saturated carbocycles. The summed E-state index contributed by atoms with van der Waals surface area (Å²) in [5.41, 5.74) is 13.3. The zero-order valence-electron chi connectivity index (χ0n) is 17.8. The third-order valence-electron chi connectivity index (χ3n) is 5.40. The van der Waals surface area contributed by atoms with Crippen LogP contribution in [0.1, 0.15) is 16.8 Å². The minimum Gasteiger partial charge on any atom is -0.497 e. The zero-order chi connectivity index (χ0) is 21.3. The van der Waals surface area contributed by atoms with Gasteiger partial charge in [0, 0.05) is 48.2 Å². The van der Waals surface area contributed by atoms with Crippen LogP contribution in [0, 0.1) is 13.8 Å².